The summed E-state index contributed by atoms with van der Waals surface area (Å²) in [4.78, 5) is 26.4. The van der Waals surface area contributed by atoms with Gasteiger partial charge in [0, 0.05) is 19.3 Å². The Bertz CT molecular complexity index is 682. The Labute approximate surface area is 126 Å². The fourth-order valence-corrected chi connectivity index (χ4v) is 2.02. The third-order valence-corrected chi connectivity index (χ3v) is 3.45. The summed E-state index contributed by atoms with van der Waals surface area (Å²) in [6.45, 7) is 2.60. The van der Waals surface area contributed by atoms with Crippen molar-refractivity contribution in [3.8, 4) is 0 Å². The van der Waals surface area contributed by atoms with Gasteiger partial charge in [0.15, 0.2) is 5.69 Å². The number of hydrogen-bond donors (Lipinski definition) is 2. The summed E-state index contributed by atoms with van der Waals surface area (Å²) in [6, 6.07) is 5.26. The Kier molecular flexibility index (Phi) is 4.59. The molecule has 0 saturated heterocycles. The Balaban J connectivity index is 1.92. The first kappa shape index (κ1) is 15.1. The van der Waals surface area contributed by atoms with Crippen molar-refractivity contribution in [2.45, 2.75) is 13.5 Å². The number of carboxylic acid groups (broad SMARTS) is 1. The second-order valence-electron chi connectivity index (χ2n) is 4.49. The number of imidazole rings is 1. The van der Waals surface area contributed by atoms with Crippen molar-refractivity contribution in [1.82, 2.24) is 14.9 Å². The van der Waals surface area contributed by atoms with Crippen LogP contribution in [0.1, 0.15) is 26.4 Å². The Hall–Kier alpha value is -2.34. The number of amides is 1. The van der Waals surface area contributed by atoms with Crippen LogP contribution in [-0.4, -0.2) is 33.1 Å². The van der Waals surface area contributed by atoms with Gasteiger partial charge in [0.25, 0.3) is 5.91 Å². The second-order valence-corrected chi connectivity index (χ2v) is 4.87. The standard InChI is InChI=1S/C14H14ClN3O3/c1-9-3-2-4-10(12(9)15)13(19)16-5-6-18-7-11(14(20)21)17-8-18/h2-4,7-8H,5-6H2,1H3,(H,16,19)(H,20,21). The highest BCUT2D eigenvalue weighted by Crippen LogP contribution is 2.19. The monoisotopic (exact) mass is 307 g/mol. The lowest BCUT2D eigenvalue weighted by Gasteiger charge is -2.08. The largest absolute Gasteiger partial charge is 0.476 e. The van der Waals surface area contributed by atoms with E-state index in [1.807, 2.05) is 13.0 Å². The highest BCUT2D eigenvalue weighted by atomic mass is 35.5. The van der Waals surface area contributed by atoms with Gasteiger partial charge in [0.05, 0.1) is 16.9 Å². The lowest BCUT2D eigenvalue weighted by atomic mass is 10.1. The maximum Gasteiger partial charge on any atom is 0.356 e. The smallest absolute Gasteiger partial charge is 0.356 e. The molecule has 0 spiro atoms. The molecule has 1 amide bonds. The summed E-state index contributed by atoms with van der Waals surface area (Å²) in [6.07, 6.45) is 2.82. The van der Waals surface area contributed by atoms with Gasteiger partial charge in [0.1, 0.15) is 0 Å². The van der Waals surface area contributed by atoms with Crippen LogP contribution in [0.5, 0.6) is 0 Å². The molecule has 0 bridgehead atoms. The molecule has 0 saturated carbocycles. The van der Waals surface area contributed by atoms with E-state index in [2.05, 4.69) is 10.3 Å². The van der Waals surface area contributed by atoms with E-state index >= 15 is 0 Å². The van der Waals surface area contributed by atoms with Crippen molar-refractivity contribution in [3.63, 3.8) is 0 Å². The molecule has 2 rings (SSSR count). The number of benzene rings is 1. The summed E-state index contributed by atoms with van der Waals surface area (Å²) in [5, 5.41) is 11.9. The quantitative estimate of drug-likeness (QED) is 0.884. The summed E-state index contributed by atoms with van der Waals surface area (Å²) in [5.41, 5.74) is 1.24. The maximum atomic E-state index is 12.0. The number of nitrogens with zero attached hydrogens (tertiary/aromatic N) is 2. The van der Waals surface area contributed by atoms with Crippen molar-refractivity contribution < 1.29 is 14.7 Å². The molecule has 0 unspecified atom stereocenters. The molecule has 0 aliphatic rings. The van der Waals surface area contributed by atoms with Crippen LogP contribution in [0.15, 0.2) is 30.7 Å². The Morgan fingerprint density at radius 3 is 2.86 bits per heavy atom. The molecular weight excluding hydrogens is 294 g/mol. The zero-order valence-corrected chi connectivity index (χ0v) is 12.1. The molecule has 1 heterocycles. The van der Waals surface area contributed by atoms with Crippen molar-refractivity contribution in [3.05, 3.63) is 52.6 Å². The van der Waals surface area contributed by atoms with E-state index in [4.69, 9.17) is 16.7 Å². The van der Waals surface area contributed by atoms with Gasteiger partial charge in [-0.2, -0.15) is 0 Å². The zero-order chi connectivity index (χ0) is 15.4. The lowest BCUT2D eigenvalue weighted by molar-refractivity contribution is 0.0690. The Morgan fingerprint density at radius 1 is 1.43 bits per heavy atom. The van der Waals surface area contributed by atoms with E-state index in [0.717, 1.165) is 5.56 Å². The zero-order valence-electron chi connectivity index (χ0n) is 11.3. The van der Waals surface area contributed by atoms with E-state index < -0.39 is 5.97 Å². The molecule has 0 fully saturated rings. The number of rotatable bonds is 5. The van der Waals surface area contributed by atoms with Gasteiger partial charge in [0.2, 0.25) is 0 Å². The van der Waals surface area contributed by atoms with Crippen molar-refractivity contribution in [2.75, 3.05) is 6.54 Å². The number of aromatic nitrogens is 2. The first-order valence-corrected chi connectivity index (χ1v) is 6.65. The second kappa shape index (κ2) is 6.41. The Morgan fingerprint density at radius 2 is 2.19 bits per heavy atom. The van der Waals surface area contributed by atoms with Crippen LogP contribution in [0.4, 0.5) is 0 Å². The number of carbonyl (C=O) groups is 2. The van der Waals surface area contributed by atoms with Gasteiger partial charge in [-0.25, -0.2) is 9.78 Å². The molecule has 2 aromatic rings. The van der Waals surface area contributed by atoms with Gasteiger partial charge in [-0.15, -0.1) is 0 Å². The number of halogens is 1. The van der Waals surface area contributed by atoms with Crippen LogP contribution in [0.3, 0.4) is 0 Å². The summed E-state index contributed by atoms with van der Waals surface area (Å²) < 4.78 is 1.60. The molecule has 110 valence electrons. The average molecular weight is 308 g/mol. The van der Waals surface area contributed by atoms with Gasteiger partial charge < -0.3 is 15.0 Å². The fraction of sp³-hybridized carbons (Fsp3) is 0.214. The number of hydrogen-bond acceptors (Lipinski definition) is 3. The van der Waals surface area contributed by atoms with Gasteiger partial charge in [-0.3, -0.25) is 4.79 Å². The topological polar surface area (TPSA) is 84.2 Å². The SMILES string of the molecule is Cc1cccc(C(=O)NCCn2cnc(C(=O)O)c2)c1Cl. The number of carboxylic acids is 1. The van der Waals surface area contributed by atoms with Crippen LogP contribution < -0.4 is 5.32 Å². The molecule has 7 heteroatoms. The van der Waals surface area contributed by atoms with Crippen LogP contribution in [0.25, 0.3) is 0 Å². The molecule has 0 atom stereocenters. The third-order valence-electron chi connectivity index (χ3n) is 2.94. The molecule has 1 aromatic heterocycles. The number of aromatic carboxylic acids is 1. The van der Waals surface area contributed by atoms with Gasteiger partial charge in [-0.05, 0) is 18.6 Å². The first-order valence-electron chi connectivity index (χ1n) is 6.27. The molecule has 6 nitrogen and oxygen atoms in total. The lowest BCUT2D eigenvalue weighted by Crippen LogP contribution is -2.27. The first-order chi connectivity index (χ1) is 9.99. The van der Waals surface area contributed by atoms with Crippen molar-refractivity contribution in [1.29, 1.82) is 0 Å². The van der Waals surface area contributed by atoms with E-state index in [0.29, 0.717) is 23.7 Å². The summed E-state index contributed by atoms with van der Waals surface area (Å²) in [5.74, 6) is -1.34. The molecule has 0 aliphatic carbocycles. The predicted octanol–water partition coefficient (Wildman–Crippen LogP) is 1.97. The van der Waals surface area contributed by atoms with E-state index in [1.165, 1.54) is 12.5 Å². The van der Waals surface area contributed by atoms with Gasteiger partial charge >= 0.3 is 5.97 Å². The fourth-order valence-electron chi connectivity index (χ4n) is 1.81. The molecular formula is C14H14ClN3O3. The van der Waals surface area contributed by atoms with Crippen LogP contribution in [0.2, 0.25) is 5.02 Å². The minimum Gasteiger partial charge on any atom is -0.476 e. The highest BCUT2D eigenvalue weighted by molar-refractivity contribution is 6.34. The normalized spacial score (nSPS) is 10.4. The minimum atomic E-state index is -1.08. The van der Waals surface area contributed by atoms with Crippen molar-refractivity contribution >= 4 is 23.5 Å². The summed E-state index contributed by atoms with van der Waals surface area (Å²) in [7, 11) is 0. The molecule has 0 aliphatic heterocycles. The van der Waals surface area contributed by atoms with Crippen LogP contribution >= 0.6 is 11.6 Å². The molecule has 2 N–H and O–H groups in total. The van der Waals surface area contributed by atoms with Crippen LogP contribution in [0, 0.1) is 6.92 Å². The van der Waals surface area contributed by atoms with Gasteiger partial charge in [-0.1, -0.05) is 23.7 Å². The average Bonchev–Trinajstić information content (AvgIpc) is 2.91. The minimum absolute atomic E-state index is 0.0249. The van der Waals surface area contributed by atoms with Crippen molar-refractivity contribution in [2.24, 2.45) is 0 Å². The number of aryl methyl sites for hydroxylation is 1. The number of nitrogens with one attached hydrogen (secondary N) is 1. The van der Waals surface area contributed by atoms with E-state index in [-0.39, 0.29) is 11.6 Å². The number of carbonyl (C=O) groups excluding carboxylic acids is 1. The third kappa shape index (κ3) is 3.61. The highest BCUT2D eigenvalue weighted by Gasteiger charge is 2.11. The maximum absolute atomic E-state index is 12.0. The summed E-state index contributed by atoms with van der Waals surface area (Å²) >= 11 is 6.08. The van der Waals surface area contributed by atoms with E-state index in [9.17, 15) is 9.59 Å². The molecule has 0 radical (unpaired) electrons. The molecule has 21 heavy (non-hydrogen) atoms. The van der Waals surface area contributed by atoms with E-state index in [1.54, 1.807) is 16.7 Å². The molecule has 1 aromatic carbocycles. The van der Waals surface area contributed by atoms with Crippen LogP contribution in [-0.2, 0) is 6.54 Å². The predicted molar refractivity (Wildman–Crippen MR) is 77.7 cm³/mol.